The zero-order valence-corrected chi connectivity index (χ0v) is 8.71. The Balaban J connectivity index is 2.35. The maximum atomic E-state index is 11.1. The molecule has 2 nitrogen and oxygen atoms in total. The predicted molar refractivity (Wildman–Crippen MR) is 58.2 cm³/mol. The number of aromatic nitrogens is 1. The number of aromatic amines is 1. The third kappa shape index (κ3) is 0.996. The predicted octanol–water partition coefficient (Wildman–Crippen LogP) is 2.66. The van der Waals surface area contributed by atoms with E-state index < -0.39 is 0 Å². The third-order valence-corrected chi connectivity index (χ3v) is 3.68. The standard InChI is InChI=1S/C10H6ClNOS/c11-7-3-1-2-5-6(7)4-8-9(5)12-10(13)14-8/h1-3H,4H2,(H,12,13). The van der Waals surface area contributed by atoms with Crippen LogP contribution in [0.2, 0.25) is 5.02 Å². The Morgan fingerprint density at radius 2 is 2.29 bits per heavy atom. The van der Waals surface area contributed by atoms with Crippen LogP contribution in [0.25, 0.3) is 11.3 Å². The second-order valence-electron chi connectivity index (χ2n) is 3.26. The lowest BCUT2D eigenvalue weighted by atomic mass is 10.1. The van der Waals surface area contributed by atoms with Gasteiger partial charge in [-0.1, -0.05) is 35.1 Å². The smallest absolute Gasteiger partial charge is 0.305 e. The molecule has 0 aliphatic heterocycles. The molecule has 0 unspecified atom stereocenters. The Morgan fingerprint density at radius 3 is 3.14 bits per heavy atom. The monoisotopic (exact) mass is 223 g/mol. The first-order chi connectivity index (χ1) is 6.75. The minimum atomic E-state index is 0.0145. The molecule has 0 saturated carbocycles. The normalized spacial score (nSPS) is 12.6. The first-order valence-corrected chi connectivity index (χ1v) is 5.45. The van der Waals surface area contributed by atoms with Gasteiger partial charge in [0.05, 0.1) is 5.69 Å². The molecule has 0 bridgehead atoms. The van der Waals surface area contributed by atoms with Gasteiger partial charge in [0.15, 0.2) is 0 Å². The summed E-state index contributed by atoms with van der Waals surface area (Å²) < 4.78 is 0. The van der Waals surface area contributed by atoms with Crippen LogP contribution in [0.5, 0.6) is 0 Å². The van der Waals surface area contributed by atoms with Crippen LogP contribution in [0.15, 0.2) is 23.0 Å². The van der Waals surface area contributed by atoms with Crippen LogP contribution >= 0.6 is 22.9 Å². The molecule has 2 aromatic rings. The van der Waals surface area contributed by atoms with Gasteiger partial charge in [0, 0.05) is 21.9 Å². The van der Waals surface area contributed by atoms with Crippen LogP contribution in [0.4, 0.5) is 0 Å². The van der Waals surface area contributed by atoms with Crippen molar-refractivity contribution in [2.45, 2.75) is 6.42 Å². The number of benzene rings is 1. The highest BCUT2D eigenvalue weighted by atomic mass is 35.5. The van der Waals surface area contributed by atoms with Crippen molar-refractivity contribution in [3.63, 3.8) is 0 Å². The molecule has 0 radical (unpaired) electrons. The zero-order valence-electron chi connectivity index (χ0n) is 7.13. The molecule has 0 saturated heterocycles. The number of H-pyrrole nitrogens is 1. The van der Waals surface area contributed by atoms with Crippen LogP contribution in [-0.2, 0) is 6.42 Å². The lowest BCUT2D eigenvalue weighted by molar-refractivity contribution is 1.30. The number of fused-ring (bicyclic) bond motifs is 3. The van der Waals surface area contributed by atoms with Gasteiger partial charge in [-0.05, 0) is 11.6 Å². The fraction of sp³-hybridized carbons (Fsp3) is 0.100. The molecule has 0 atom stereocenters. The van der Waals surface area contributed by atoms with Crippen molar-refractivity contribution in [2.75, 3.05) is 0 Å². The topological polar surface area (TPSA) is 32.9 Å². The molecule has 1 aliphatic carbocycles. The first-order valence-electron chi connectivity index (χ1n) is 4.25. The Hall–Kier alpha value is -1.06. The molecule has 14 heavy (non-hydrogen) atoms. The van der Waals surface area contributed by atoms with Gasteiger partial charge < -0.3 is 4.98 Å². The molecular weight excluding hydrogens is 218 g/mol. The molecule has 3 rings (SSSR count). The molecule has 1 aromatic carbocycles. The highest BCUT2D eigenvalue weighted by Gasteiger charge is 2.23. The minimum Gasteiger partial charge on any atom is -0.312 e. The fourth-order valence-electron chi connectivity index (χ4n) is 1.84. The summed E-state index contributed by atoms with van der Waals surface area (Å²) >= 11 is 7.34. The average molecular weight is 224 g/mol. The zero-order chi connectivity index (χ0) is 9.71. The second kappa shape index (κ2) is 2.72. The molecule has 1 aliphatic rings. The van der Waals surface area contributed by atoms with Crippen molar-refractivity contribution in [3.8, 4) is 11.3 Å². The van der Waals surface area contributed by atoms with E-state index in [1.54, 1.807) is 0 Å². The van der Waals surface area contributed by atoms with Crippen molar-refractivity contribution < 1.29 is 0 Å². The highest BCUT2D eigenvalue weighted by Crippen LogP contribution is 2.39. The number of thiazole rings is 1. The van der Waals surface area contributed by atoms with Crippen LogP contribution < -0.4 is 4.87 Å². The number of halogens is 1. The van der Waals surface area contributed by atoms with Gasteiger partial charge in [0.2, 0.25) is 0 Å². The van der Waals surface area contributed by atoms with Crippen LogP contribution in [0.1, 0.15) is 10.4 Å². The summed E-state index contributed by atoms with van der Waals surface area (Å²) in [5, 5.41) is 0.784. The number of hydrogen-bond acceptors (Lipinski definition) is 2. The van der Waals surface area contributed by atoms with E-state index in [1.807, 2.05) is 18.2 Å². The Bertz CT molecular complexity index is 570. The summed E-state index contributed by atoms with van der Waals surface area (Å²) in [5.41, 5.74) is 3.16. The van der Waals surface area contributed by atoms with E-state index in [0.29, 0.717) is 0 Å². The van der Waals surface area contributed by atoms with Gasteiger partial charge in [0.1, 0.15) is 0 Å². The van der Waals surface area contributed by atoms with Gasteiger partial charge in [-0.25, -0.2) is 0 Å². The van der Waals surface area contributed by atoms with Crippen LogP contribution in [0.3, 0.4) is 0 Å². The summed E-state index contributed by atoms with van der Waals surface area (Å²) in [6.07, 6.45) is 0.785. The maximum Gasteiger partial charge on any atom is 0.305 e. The van der Waals surface area contributed by atoms with E-state index >= 15 is 0 Å². The molecule has 70 valence electrons. The van der Waals surface area contributed by atoms with E-state index in [-0.39, 0.29) is 4.87 Å². The summed E-state index contributed by atoms with van der Waals surface area (Å²) in [6, 6.07) is 5.79. The molecular formula is C10H6ClNOS. The van der Waals surface area contributed by atoms with E-state index in [1.165, 1.54) is 11.3 Å². The Labute approximate surface area is 89.2 Å². The molecule has 1 N–H and O–H groups in total. The molecule has 0 spiro atoms. The second-order valence-corrected chi connectivity index (χ2v) is 4.73. The molecule has 4 heteroatoms. The Kier molecular flexibility index (Phi) is 1.60. The van der Waals surface area contributed by atoms with Gasteiger partial charge in [-0.15, -0.1) is 0 Å². The fourth-order valence-corrected chi connectivity index (χ4v) is 2.93. The van der Waals surface area contributed by atoms with Gasteiger partial charge in [-0.2, -0.15) is 0 Å². The van der Waals surface area contributed by atoms with Crippen LogP contribution in [-0.4, -0.2) is 4.98 Å². The highest BCUT2D eigenvalue weighted by molar-refractivity contribution is 7.09. The van der Waals surface area contributed by atoms with Crippen molar-refractivity contribution in [2.24, 2.45) is 0 Å². The van der Waals surface area contributed by atoms with E-state index in [4.69, 9.17) is 11.6 Å². The van der Waals surface area contributed by atoms with E-state index in [9.17, 15) is 4.79 Å². The third-order valence-electron chi connectivity index (χ3n) is 2.45. The SMILES string of the molecule is O=c1[nH]c2c(s1)Cc1c(Cl)cccc1-2. The Morgan fingerprint density at radius 1 is 1.43 bits per heavy atom. The first kappa shape index (κ1) is 8.26. The summed E-state index contributed by atoms with van der Waals surface area (Å²) in [4.78, 5) is 15.1. The van der Waals surface area contributed by atoms with Gasteiger partial charge >= 0.3 is 4.87 Å². The van der Waals surface area contributed by atoms with E-state index in [0.717, 1.165) is 33.1 Å². The van der Waals surface area contributed by atoms with Crippen molar-refractivity contribution in [3.05, 3.63) is 43.3 Å². The van der Waals surface area contributed by atoms with Crippen molar-refractivity contribution in [1.82, 2.24) is 4.98 Å². The summed E-state index contributed by atoms with van der Waals surface area (Å²) in [7, 11) is 0. The summed E-state index contributed by atoms with van der Waals surface area (Å²) in [5.74, 6) is 0. The van der Waals surface area contributed by atoms with Crippen molar-refractivity contribution >= 4 is 22.9 Å². The van der Waals surface area contributed by atoms with Gasteiger partial charge in [0.25, 0.3) is 0 Å². The lowest BCUT2D eigenvalue weighted by Gasteiger charge is -2.00. The van der Waals surface area contributed by atoms with E-state index in [2.05, 4.69) is 4.98 Å². The molecule has 0 fully saturated rings. The maximum absolute atomic E-state index is 11.1. The van der Waals surface area contributed by atoms with Gasteiger partial charge in [-0.3, -0.25) is 4.79 Å². The number of rotatable bonds is 0. The average Bonchev–Trinajstić information content (AvgIpc) is 2.63. The largest absolute Gasteiger partial charge is 0.312 e. The van der Waals surface area contributed by atoms with Crippen molar-refractivity contribution in [1.29, 1.82) is 0 Å². The van der Waals surface area contributed by atoms with Crippen LogP contribution in [0, 0.1) is 0 Å². The lowest BCUT2D eigenvalue weighted by Crippen LogP contribution is -1.93. The number of hydrogen-bond donors (Lipinski definition) is 1. The molecule has 0 amide bonds. The number of nitrogens with one attached hydrogen (secondary N) is 1. The summed E-state index contributed by atoms with van der Waals surface area (Å²) in [6.45, 7) is 0. The quantitative estimate of drug-likeness (QED) is 0.625. The molecule has 1 aromatic heterocycles. The minimum absolute atomic E-state index is 0.0145. The molecule has 1 heterocycles.